The van der Waals surface area contributed by atoms with Crippen LogP contribution >= 0.6 is 11.6 Å². The number of amides is 2. The maximum Gasteiger partial charge on any atom is 0.244 e. The van der Waals surface area contributed by atoms with Gasteiger partial charge in [0.1, 0.15) is 18.3 Å². The van der Waals surface area contributed by atoms with Crippen molar-refractivity contribution in [2.24, 2.45) is 0 Å². The Bertz CT molecular complexity index is 1110. The second-order valence-electron chi connectivity index (χ2n) is 8.48. The van der Waals surface area contributed by atoms with Crippen LogP contribution in [0, 0.1) is 0 Å². The van der Waals surface area contributed by atoms with Gasteiger partial charge in [-0.1, -0.05) is 62.2 Å². The molecule has 2 aromatic carbocycles. The minimum atomic E-state index is -3.83. The summed E-state index contributed by atoms with van der Waals surface area (Å²) in [4.78, 5) is 28.1. The van der Waals surface area contributed by atoms with E-state index in [1.54, 1.807) is 6.07 Å². The number of carbonyl (C=O) groups is 2. The van der Waals surface area contributed by atoms with Crippen molar-refractivity contribution in [1.29, 1.82) is 0 Å². The summed E-state index contributed by atoms with van der Waals surface area (Å²) in [6.07, 6.45) is 3.72. The number of halogens is 1. The summed E-state index contributed by atoms with van der Waals surface area (Å²) in [7, 11) is -2.38. The van der Waals surface area contributed by atoms with E-state index in [9.17, 15) is 18.0 Å². The second-order valence-corrected chi connectivity index (χ2v) is 10.8. The number of nitrogens with zero attached hydrogens (tertiary/aromatic N) is 2. The van der Waals surface area contributed by atoms with E-state index in [-0.39, 0.29) is 23.2 Å². The van der Waals surface area contributed by atoms with Gasteiger partial charge in [0.2, 0.25) is 21.8 Å². The molecule has 0 unspecified atom stereocenters. The molecule has 0 aliphatic rings. The molecule has 0 saturated carbocycles. The fraction of sp³-hybridized carbons (Fsp3) is 0.462. The molecule has 2 rings (SSSR count). The van der Waals surface area contributed by atoms with Crippen LogP contribution in [0.15, 0.2) is 48.5 Å². The highest BCUT2D eigenvalue weighted by atomic mass is 35.5. The van der Waals surface area contributed by atoms with Gasteiger partial charge in [-0.2, -0.15) is 0 Å². The van der Waals surface area contributed by atoms with Gasteiger partial charge < -0.3 is 15.0 Å². The van der Waals surface area contributed by atoms with E-state index in [1.165, 1.54) is 24.1 Å². The fourth-order valence-electron chi connectivity index (χ4n) is 3.83. The molecule has 36 heavy (non-hydrogen) atoms. The molecular formula is C26H36ClN3O5S. The highest BCUT2D eigenvalue weighted by molar-refractivity contribution is 7.92. The molecule has 0 aliphatic heterocycles. The number of anilines is 1. The molecule has 0 heterocycles. The van der Waals surface area contributed by atoms with Crippen molar-refractivity contribution < 1.29 is 22.7 Å². The molecule has 0 radical (unpaired) electrons. The number of hydrogen-bond donors (Lipinski definition) is 1. The number of methoxy groups -OCH3 is 1. The Morgan fingerprint density at radius 3 is 2.36 bits per heavy atom. The van der Waals surface area contributed by atoms with Crippen LogP contribution in [0.25, 0.3) is 0 Å². The van der Waals surface area contributed by atoms with Crippen molar-refractivity contribution in [2.45, 2.75) is 45.6 Å². The zero-order valence-electron chi connectivity index (χ0n) is 21.4. The number of ether oxygens (including phenoxy) is 1. The second kappa shape index (κ2) is 14.1. The van der Waals surface area contributed by atoms with Crippen LogP contribution in [-0.4, -0.2) is 64.2 Å². The molecule has 8 nitrogen and oxygen atoms in total. The molecule has 0 saturated heterocycles. The Morgan fingerprint density at radius 2 is 1.81 bits per heavy atom. The molecule has 10 heteroatoms. The van der Waals surface area contributed by atoms with Gasteiger partial charge in [0, 0.05) is 13.1 Å². The van der Waals surface area contributed by atoms with Gasteiger partial charge in [0.15, 0.2) is 0 Å². The maximum absolute atomic E-state index is 13.6. The Kier molecular flexibility index (Phi) is 11.5. The Morgan fingerprint density at radius 1 is 1.11 bits per heavy atom. The van der Waals surface area contributed by atoms with Gasteiger partial charge in [-0.25, -0.2) is 8.42 Å². The van der Waals surface area contributed by atoms with Crippen LogP contribution in [0.5, 0.6) is 5.75 Å². The first-order valence-electron chi connectivity index (χ1n) is 12.0. The van der Waals surface area contributed by atoms with Gasteiger partial charge in [0.05, 0.1) is 24.1 Å². The first kappa shape index (κ1) is 29.5. The predicted octanol–water partition coefficient (Wildman–Crippen LogP) is 3.88. The van der Waals surface area contributed by atoms with Crippen LogP contribution in [0.3, 0.4) is 0 Å². The van der Waals surface area contributed by atoms with Gasteiger partial charge >= 0.3 is 0 Å². The number of sulfonamides is 1. The third kappa shape index (κ3) is 8.41. The van der Waals surface area contributed by atoms with Gasteiger partial charge in [-0.15, -0.1) is 0 Å². The standard InChI is InChI=1S/C26H36ClN3O5S/c1-5-7-16-28-26(32)23(6-2)29(17-15-20-11-9-8-10-12-20)25(31)19-30(36(4,33)34)21-13-14-24(35-3)22(27)18-21/h8-14,18,23H,5-7,15-17,19H2,1-4H3,(H,28,32)/t23-/m1/s1. The van der Waals surface area contributed by atoms with E-state index >= 15 is 0 Å². The summed E-state index contributed by atoms with van der Waals surface area (Å²) in [5.74, 6) is -0.328. The topological polar surface area (TPSA) is 96.0 Å². The fourth-order valence-corrected chi connectivity index (χ4v) is 4.92. The molecule has 198 valence electrons. The van der Waals surface area contributed by atoms with E-state index in [0.717, 1.165) is 29.0 Å². The molecule has 2 aromatic rings. The summed E-state index contributed by atoms with van der Waals surface area (Å²) in [6, 6.07) is 13.4. The third-order valence-corrected chi connectivity index (χ3v) is 7.24. The molecule has 1 atom stereocenters. The lowest BCUT2D eigenvalue weighted by molar-refractivity contribution is -0.139. The summed E-state index contributed by atoms with van der Waals surface area (Å²) in [6.45, 7) is 4.19. The van der Waals surface area contributed by atoms with Crippen LogP contribution in [-0.2, 0) is 26.0 Å². The lowest BCUT2D eigenvalue weighted by Gasteiger charge is -2.33. The van der Waals surface area contributed by atoms with Crippen molar-refractivity contribution in [3.8, 4) is 5.75 Å². The Balaban J connectivity index is 2.35. The van der Waals surface area contributed by atoms with Crippen molar-refractivity contribution in [3.63, 3.8) is 0 Å². The van der Waals surface area contributed by atoms with E-state index < -0.39 is 28.5 Å². The summed E-state index contributed by atoms with van der Waals surface area (Å²) < 4.78 is 31.5. The van der Waals surface area contributed by atoms with Crippen LogP contribution in [0.4, 0.5) is 5.69 Å². The molecule has 2 amide bonds. The van der Waals surface area contributed by atoms with Gasteiger partial charge in [-0.3, -0.25) is 13.9 Å². The largest absolute Gasteiger partial charge is 0.495 e. The number of hydrogen-bond acceptors (Lipinski definition) is 5. The maximum atomic E-state index is 13.6. The summed E-state index contributed by atoms with van der Waals surface area (Å²) in [5.41, 5.74) is 1.25. The van der Waals surface area contributed by atoms with Crippen LogP contribution < -0.4 is 14.4 Å². The Hall–Kier alpha value is -2.78. The van der Waals surface area contributed by atoms with E-state index in [1.807, 2.05) is 44.2 Å². The monoisotopic (exact) mass is 537 g/mol. The normalized spacial score (nSPS) is 12.0. The number of rotatable bonds is 14. The highest BCUT2D eigenvalue weighted by Crippen LogP contribution is 2.30. The minimum absolute atomic E-state index is 0.221. The van der Waals surface area contributed by atoms with Crippen molar-refractivity contribution in [2.75, 3.05) is 37.3 Å². The van der Waals surface area contributed by atoms with E-state index in [4.69, 9.17) is 16.3 Å². The Labute approximate surface area is 219 Å². The third-order valence-electron chi connectivity index (χ3n) is 5.80. The van der Waals surface area contributed by atoms with Crippen molar-refractivity contribution in [1.82, 2.24) is 10.2 Å². The lowest BCUT2D eigenvalue weighted by Crippen LogP contribution is -2.53. The quantitative estimate of drug-likeness (QED) is 0.369. The van der Waals surface area contributed by atoms with Crippen LogP contribution in [0.1, 0.15) is 38.7 Å². The SMILES string of the molecule is CCCCNC(=O)[C@@H](CC)N(CCc1ccccc1)C(=O)CN(c1ccc(OC)c(Cl)c1)S(C)(=O)=O. The molecule has 0 aliphatic carbocycles. The summed E-state index contributed by atoms with van der Waals surface area (Å²) in [5, 5.41) is 3.13. The first-order chi connectivity index (χ1) is 17.1. The smallest absolute Gasteiger partial charge is 0.244 e. The van der Waals surface area contributed by atoms with Crippen molar-refractivity contribution >= 4 is 39.1 Å². The molecule has 0 bridgehead atoms. The zero-order chi connectivity index (χ0) is 26.7. The number of nitrogens with one attached hydrogen (secondary N) is 1. The number of benzene rings is 2. The first-order valence-corrected chi connectivity index (χ1v) is 14.3. The zero-order valence-corrected chi connectivity index (χ0v) is 22.9. The van der Waals surface area contributed by atoms with Gasteiger partial charge in [0.25, 0.3) is 0 Å². The average Bonchev–Trinajstić information content (AvgIpc) is 2.84. The van der Waals surface area contributed by atoms with E-state index in [0.29, 0.717) is 25.1 Å². The van der Waals surface area contributed by atoms with Gasteiger partial charge in [-0.05, 0) is 43.0 Å². The van der Waals surface area contributed by atoms with Crippen LogP contribution in [0.2, 0.25) is 5.02 Å². The average molecular weight is 538 g/mol. The molecule has 0 fully saturated rings. The lowest BCUT2D eigenvalue weighted by atomic mass is 10.1. The highest BCUT2D eigenvalue weighted by Gasteiger charge is 2.31. The molecule has 1 N–H and O–H groups in total. The van der Waals surface area contributed by atoms with Crippen molar-refractivity contribution in [3.05, 3.63) is 59.1 Å². The minimum Gasteiger partial charge on any atom is -0.495 e. The molecule has 0 aromatic heterocycles. The predicted molar refractivity (Wildman–Crippen MR) is 144 cm³/mol. The summed E-state index contributed by atoms with van der Waals surface area (Å²) >= 11 is 6.22. The number of unbranched alkanes of at least 4 members (excludes halogenated alkanes) is 1. The molecule has 0 spiro atoms. The van der Waals surface area contributed by atoms with E-state index in [2.05, 4.69) is 5.32 Å². The molecular weight excluding hydrogens is 502 g/mol. The number of carbonyl (C=O) groups excluding carboxylic acids is 2.